The number of H-pyrrole nitrogens is 1. The maximum atomic E-state index is 5.74. The first kappa shape index (κ1) is 8.72. The summed E-state index contributed by atoms with van der Waals surface area (Å²) in [6.45, 7) is 1.94. The Morgan fingerprint density at radius 2 is 2.31 bits per heavy atom. The molecule has 0 saturated carbocycles. The molecule has 1 atom stereocenters. The van der Waals surface area contributed by atoms with Crippen LogP contribution in [0.25, 0.3) is 11.0 Å². The molecule has 0 saturated heterocycles. The van der Waals surface area contributed by atoms with Gasteiger partial charge in [-0.2, -0.15) is 0 Å². The van der Waals surface area contributed by atoms with E-state index >= 15 is 0 Å². The fourth-order valence-electron chi connectivity index (χ4n) is 1.25. The number of halogens is 1. The van der Waals surface area contributed by atoms with Gasteiger partial charge in [-0.25, -0.2) is 0 Å². The van der Waals surface area contributed by atoms with Crippen LogP contribution in [0, 0.1) is 0 Å². The summed E-state index contributed by atoms with van der Waals surface area (Å²) < 4.78 is 0.970. The van der Waals surface area contributed by atoms with Crippen molar-refractivity contribution in [3.63, 3.8) is 0 Å². The largest absolute Gasteiger partial charge is 0.356 e. The Labute approximate surface area is 84.5 Å². The predicted molar refractivity (Wildman–Crippen MR) is 56.4 cm³/mol. The van der Waals surface area contributed by atoms with Crippen LogP contribution in [0.5, 0.6) is 0 Å². The van der Waals surface area contributed by atoms with E-state index in [4.69, 9.17) is 5.73 Å². The molecule has 0 aliphatic heterocycles. The zero-order valence-electron chi connectivity index (χ0n) is 7.21. The third-order valence-corrected chi connectivity index (χ3v) is 2.38. The molecule has 0 aromatic carbocycles. The number of hydrogen-bond acceptors (Lipinski definition) is 2. The van der Waals surface area contributed by atoms with E-state index in [9.17, 15) is 0 Å². The Bertz CT molecular complexity index is 433. The first-order valence-electron chi connectivity index (χ1n) is 4.06. The second-order valence-corrected chi connectivity index (χ2v) is 4.02. The van der Waals surface area contributed by atoms with Gasteiger partial charge in [-0.05, 0) is 35.0 Å². The van der Waals surface area contributed by atoms with Gasteiger partial charge in [-0.1, -0.05) is 0 Å². The maximum Gasteiger partial charge on any atom is 0.0883 e. The van der Waals surface area contributed by atoms with Gasteiger partial charge in [0.15, 0.2) is 0 Å². The molecule has 3 N–H and O–H groups in total. The van der Waals surface area contributed by atoms with Gasteiger partial charge in [0.2, 0.25) is 0 Å². The van der Waals surface area contributed by atoms with E-state index in [-0.39, 0.29) is 6.04 Å². The molecule has 0 amide bonds. The number of nitrogens with one attached hydrogen (secondary N) is 1. The van der Waals surface area contributed by atoms with Crippen LogP contribution in [0.3, 0.4) is 0 Å². The Kier molecular flexibility index (Phi) is 2.09. The summed E-state index contributed by atoms with van der Waals surface area (Å²) in [5.74, 6) is 0. The van der Waals surface area contributed by atoms with Crippen molar-refractivity contribution in [2.45, 2.75) is 13.0 Å². The molecule has 2 rings (SSSR count). The topological polar surface area (TPSA) is 54.7 Å². The van der Waals surface area contributed by atoms with Gasteiger partial charge >= 0.3 is 0 Å². The van der Waals surface area contributed by atoms with E-state index in [0.29, 0.717) is 0 Å². The third kappa shape index (κ3) is 1.59. The molecular formula is C9H10BrN3. The van der Waals surface area contributed by atoms with E-state index in [0.717, 1.165) is 21.2 Å². The lowest BCUT2D eigenvalue weighted by Gasteiger charge is -1.98. The standard InChI is InChI=1S/C9H10BrN3/c1-5(11)7-3-8-9(13-7)2-6(10)4-12-8/h2-5,13H,11H2,1H3. The molecule has 13 heavy (non-hydrogen) atoms. The van der Waals surface area contributed by atoms with Crippen LogP contribution in [0.4, 0.5) is 0 Å². The Hall–Kier alpha value is -0.870. The molecule has 0 spiro atoms. The van der Waals surface area contributed by atoms with Crippen LogP contribution in [-0.2, 0) is 0 Å². The van der Waals surface area contributed by atoms with Gasteiger partial charge in [-0.15, -0.1) is 0 Å². The smallest absolute Gasteiger partial charge is 0.0883 e. The average Bonchev–Trinajstić information content (AvgIpc) is 2.46. The SMILES string of the molecule is CC(N)c1cc2ncc(Br)cc2[nH]1. The minimum atomic E-state index is 0.0213. The van der Waals surface area contributed by atoms with Crippen LogP contribution in [0.15, 0.2) is 22.8 Å². The lowest BCUT2D eigenvalue weighted by Crippen LogP contribution is -2.04. The Morgan fingerprint density at radius 3 is 3.00 bits per heavy atom. The van der Waals surface area contributed by atoms with Gasteiger partial charge in [0.25, 0.3) is 0 Å². The summed E-state index contributed by atoms with van der Waals surface area (Å²) in [5.41, 5.74) is 8.73. The van der Waals surface area contributed by atoms with E-state index in [1.165, 1.54) is 0 Å². The first-order chi connectivity index (χ1) is 6.16. The molecule has 2 aromatic rings. The fraction of sp³-hybridized carbons (Fsp3) is 0.222. The number of fused-ring (bicyclic) bond motifs is 1. The highest BCUT2D eigenvalue weighted by Gasteiger charge is 2.05. The zero-order chi connectivity index (χ0) is 9.42. The monoisotopic (exact) mass is 239 g/mol. The van der Waals surface area contributed by atoms with Crippen molar-refractivity contribution in [3.8, 4) is 0 Å². The van der Waals surface area contributed by atoms with E-state index in [1.807, 2.05) is 19.1 Å². The van der Waals surface area contributed by atoms with Crippen molar-refractivity contribution in [1.29, 1.82) is 0 Å². The minimum absolute atomic E-state index is 0.0213. The Balaban J connectivity index is 2.62. The van der Waals surface area contributed by atoms with Crippen LogP contribution in [0.1, 0.15) is 18.7 Å². The second-order valence-electron chi connectivity index (χ2n) is 3.10. The Morgan fingerprint density at radius 1 is 1.54 bits per heavy atom. The molecule has 0 radical (unpaired) electrons. The maximum absolute atomic E-state index is 5.74. The van der Waals surface area contributed by atoms with Gasteiger partial charge in [-0.3, -0.25) is 4.98 Å². The molecule has 2 heterocycles. The van der Waals surface area contributed by atoms with Crippen molar-refractivity contribution >= 4 is 27.0 Å². The van der Waals surface area contributed by atoms with E-state index in [1.54, 1.807) is 6.20 Å². The van der Waals surface area contributed by atoms with Crippen molar-refractivity contribution in [2.24, 2.45) is 5.73 Å². The molecule has 0 aliphatic rings. The normalized spacial score (nSPS) is 13.5. The van der Waals surface area contributed by atoms with Gasteiger partial charge in [0, 0.05) is 22.4 Å². The van der Waals surface area contributed by atoms with E-state index in [2.05, 4.69) is 25.9 Å². The highest BCUT2D eigenvalue weighted by molar-refractivity contribution is 9.10. The highest BCUT2D eigenvalue weighted by atomic mass is 79.9. The van der Waals surface area contributed by atoms with Gasteiger partial charge in [0.1, 0.15) is 0 Å². The van der Waals surface area contributed by atoms with Crippen molar-refractivity contribution in [2.75, 3.05) is 0 Å². The number of aromatic nitrogens is 2. The minimum Gasteiger partial charge on any atom is -0.356 e. The zero-order valence-corrected chi connectivity index (χ0v) is 8.80. The van der Waals surface area contributed by atoms with Crippen molar-refractivity contribution in [3.05, 3.63) is 28.5 Å². The van der Waals surface area contributed by atoms with Gasteiger partial charge in [0.05, 0.1) is 11.0 Å². The van der Waals surface area contributed by atoms with Crippen molar-refractivity contribution < 1.29 is 0 Å². The summed E-state index contributed by atoms with van der Waals surface area (Å²) in [4.78, 5) is 7.47. The van der Waals surface area contributed by atoms with Crippen LogP contribution >= 0.6 is 15.9 Å². The molecule has 0 fully saturated rings. The number of pyridine rings is 1. The molecule has 1 unspecified atom stereocenters. The quantitative estimate of drug-likeness (QED) is 0.803. The van der Waals surface area contributed by atoms with Crippen LogP contribution in [-0.4, -0.2) is 9.97 Å². The molecular weight excluding hydrogens is 230 g/mol. The second kappa shape index (κ2) is 3.12. The molecule has 3 nitrogen and oxygen atoms in total. The fourth-order valence-corrected chi connectivity index (χ4v) is 1.58. The van der Waals surface area contributed by atoms with Crippen molar-refractivity contribution in [1.82, 2.24) is 9.97 Å². The average molecular weight is 240 g/mol. The van der Waals surface area contributed by atoms with Gasteiger partial charge < -0.3 is 10.7 Å². The number of hydrogen-bond donors (Lipinski definition) is 2. The molecule has 68 valence electrons. The number of nitrogens with zero attached hydrogens (tertiary/aromatic N) is 1. The van der Waals surface area contributed by atoms with Crippen LogP contribution in [0.2, 0.25) is 0 Å². The first-order valence-corrected chi connectivity index (χ1v) is 4.86. The van der Waals surface area contributed by atoms with Crippen LogP contribution < -0.4 is 5.73 Å². The van der Waals surface area contributed by atoms with E-state index < -0.39 is 0 Å². The summed E-state index contributed by atoms with van der Waals surface area (Å²) in [6.07, 6.45) is 1.78. The number of aromatic amines is 1. The third-order valence-electron chi connectivity index (χ3n) is 1.95. The number of nitrogens with two attached hydrogens (primary N) is 1. The molecule has 0 aliphatic carbocycles. The highest BCUT2D eigenvalue weighted by Crippen LogP contribution is 2.19. The lowest BCUT2D eigenvalue weighted by atomic mass is 10.2. The lowest BCUT2D eigenvalue weighted by molar-refractivity contribution is 0.792. The summed E-state index contributed by atoms with van der Waals surface area (Å²) in [7, 11) is 0. The summed E-state index contributed by atoms with van der Waals surface area (Å²) in [6, 6.07) is 3.99. The molecule has 2 aromatic heterocycles. The molecule has 4 heteroatoms. The molecule has 0 bridgehead atoms. The summed E-state index contributed by atoms with van der Waals surface area (Å²) >= 11 is 3.36. The summed E-state index contributed by atoms with van der Waals surface area (Å²) in [5, 5.41) is 0. The predicted octanol–water partition coefficient (Wildman–Crippen LogP) is 2.35. The number of rotatable bonds is 1.